The first kappa shape index (κ1) is 13.2. The molecule has 0 heterocycles. The highest BCUT2D eigenvalue weighted by molar-refractivity contribution is 5.94. The highest BCUT2D eigenvalue weighted by Gasteiger charge is 2.11. The molecule has 84 valence electrons. The summed E-state index contributed by atoms with van der Waals surface area (Å²) in [6, 6.07) is 0. The van der Waals surface area contributed by atoms with Crippen LogP contribution in [0.2, 0.25) is 0 Å². The highest BCUT2D eigenvalue weighted by Crippen LogP contribution is 1.93. The van der Waals surface area contributed by atoms with E-state index in [9.17, 15) is 19.2 Å². The molecule has 0 aromatic heterocycles. The molecule has 0 aliphatic carbocycles. The first-order chi connectivity index (χ1) is 6.91. The number of Topliss-reactive ketones (excluding diaryl/α,β-unsaturated/α-hetero) is 2. The average Bonchev–Trinajstić information content (AvgIpc) is 2.00. The Morgan fingerprint density at radius 3 is 1.40 bits per heavy atom. The molecule has 7 heteroatoms. The van der Waals surface area contributed by atoms with Crippen LogP contribution in [-0.4, -0.2) is 23.5 Å². The van der Waals surface area contributed by atoms with Crippen LogP contribution in [0.3, 0.4) is 0 Å². The Bertz CT molecular complexity index is 253. The lowest BCUT2D eigenvalue weighted by atomic mass is 10.3. The molecule has 0 saturated heterocycles. The number of rotatable bonds is 6. The molecular weight excluding hydrogens is 208 g/mol. The van der Waals surface area contributed by atoms with Crippen molar-refractivity contribution >= 4 is 23.5 Å². The quantitative estimate of drug-likeness (QED) is 0.348. The van der Waals surface area contributed by atoms with Crippen molar-refractivity contribution in [2.45, 2.75) is 26.7 Å². The summed E-state index contributed by atoms with van der Waals surface area (Å²) in [6.45, 7) is 2.37. The highest BCUT2D eigenvalue weighted by atomic mass is 17.5. The van der Waals surface area contributed by atoms with Crippen LogP contribution in [-0.2, 0) is 34.0 Å². The van der Waals surface area contributed by atoms with Gasteiger partial charge in [0.2, 0.25) is 0 Å². The van der Waals surface area contributed by atoms with Crippen LogP contribution in [0.15, 0.2) is 0 Å². The van der Waals surface area contributed by atoms with E-state index in [4.69, 9.17) is 0 Å². The van der Waals surface area contributed by atoms with Gasteiger partial charge in [0, 0.05) is 5.04 Å². The molecule has 0 N–H and O–H groups in total. The Kier molecular flexibility index (Phi) is 5.88. The van der Waals surface area contributed by atoms with Gasteiger partial charge in [0.15, 0.2) is 0 Å². The lowest BCUT2D eigenvalue weighted by Gasteiger charge is -1.99. The van der Waals surface area contributed by atoms with E-state index in [0.29, 0.717) is 0 Å². The number of ketones is 2. The van der Waals surface area contributed by atoms with Crippen LogP contribution >= 0.6 is 0 Å². The van der Waals surface area contributed by atoms with Gasteiger partial charge in [-0.15, -0.1) is 0 Å². The molecule has 0 rings (SSSR count). The van der Waals surface area contributed by atoms with E-state index in [1.54, 1.807) is 0 Å². The zero-order valence-electron chi connectivity index (χ0n) is 8.27. The van der Waals surface area contributed by atoms with Crippen molar-refractivity contribution in [3.05, 3.63) is 0 Å². The maximum atomic E-state index is 10.6. The Balaban J connectivity index is 3.61. The van der Waals surface area contributed by atoms with Gasteiger partial charge >= 0.3 is 11.9 Å². The van der Waals surface area contributed by atoms with Gasteiger partial charge in [0.05, 0.1) is 0 Å². The second kappa shape index (κ2) is 6.66. The average molecular weight is 218 g/mol. The smallest absolute Gasteiger partial charge is 0.299 e. The number of hydrogen-bond acceptors (Lipinski definition) is 7. The van der Waals surface area contributed by atoms with Gasteiger partial charge in [-0.1, -0.05) is 0 Å². The Labute approximate surface area is 85.1 Å². The van der Waals surface area contributed by atoms with Crippen molar-refractivity contribution in [2.24, 2.45) is 0 Å². The van der Waals surface area contributed by atoms with Crippen molar-refractivity contribution in [1.82, 2.24) is 0 Å². The van der Waals surface area contributed by atoms with Crippen LogP contribution < -0.4 is 0 Å². The van der Waals surface area contributed by atoms with Crippen LogP contribution in [0.4, 0.5) is 0 Å². The predicted octanol–water partition coefficient (Wildman–Crippen LogP) is -0.122. The topological polar surface area (TPSA) is 96.0 Å². The number of carbonyl (C=O) groups excluding carboxylic acids is 4. The van der Waals surface area contributed by atoms with Crippen molar-refractivity contribution in [1.29, 1.82) is 0 Å². The molecule has 7 nitrogen and oxygen atoms in total. The van der Waals surface area contributed by atoms with E-state index < -0.39 is 36.3 Å². The zero-order chi connectivity index (χ0) is 11.8. The summed E-state index contributed by atoms with van der Waals surface area (Å²) in [5, 5.41) is 3.76. The van der Waals surface area contributed by atoms with Crippen molar-refractivity contribution in [2.75, 3.05) is 0 Å². The number of hydrogen-bond donors (Lipinski definition) is 0. The van der Waals surface area contributed by atoms with E-state index in [1.807, 2.05) is 0 Å². The normalized spacial score (nSPS) is 9.20. The largest absolute Gasteiger partial charge is 0.354 e. The van der Waals surface area contributed by atoms with Gasteiger partial charge in [-0.25, -0.2) is 9.59 Å². The third kappa shape index (κ3) is 8.57. The Hall–Kier alpha value is -1.76. The fourth-order valence-corrected chi connectivity index (χ4v) is 0.558. The maximum absolute atomic E-state index is 10.6. The standard InChI is InChI=1S/C8H10O7/c1-5(9)3-7(11)13-15-14-8(12)4-6(2)10/h3-4H2,1-2H3. The minimum atomic E-state index is -0.988. The molecule has 0 aromatic carbocycles. The molecule has 0 spiro atoms. The molecule has 0 aliphatic rings. The summed E-state index contributed by atoms with van der Waals surface area (Å²) in [4.78, 5) is 49.8. The molecule has 0 fully saturated rings. The summed E-state index contributed by atoms with van der Waals surface area (Å²) in [6.07, 6.45) is -0.964. The van der Waals surface area contributed by atoms with E-state index in [1.165, 1.54) is 13.8 Å². The molecule has 0 saturated carbocycles. The van der Waals surface area contributed by atoms with E-state index in [-0.39, 0.29) is 0 Å². The van der Waals surface area contributed by atoms with Gasteiger partial charge < -0.3 is 0 Å². The summed E-state index contributed by atoms with van der Waals surface area (Å²) >= 11 is 0. The SMILES string of the molecule is CC(=O)CC(=O)OOOC(=O)CC(C)=O. The van der Waals surface area contributed by atoms with E-state index >= 15 is 0 Å². The van der Waals surface area contributed by atoms with Crippen molar-refractivity contribution < 1.29 is 34.0 Å². The molecule has 0 radical (unpaired) electrons. The maximum Gasteiger partial charge on any atom is 0.354 e. The fourth-order valence-electron chi connectivity index (χ4n) is 0.558. The van der Waals surface area contributed by atoms with E-state index in [2.05, 4.69) is 14.8 Å². The molecule has 0 unspecified atom stereocenters. The third-order valence-corrected chi connectivity index (χ3v) is 1.04. The monoisotopic (exact) mass is 218 g/mol. The van der Waals surface area contributed by atoms with Gasteiger partial charge in [-0.3, -0.25) is 19.4 Å². The second-order valence-corrected chi connectivity index (χ2v) is 2.74. The molecule has 0 atom stereocenters. The third-order valence-electron chi connectivity index (χ3n) is 1.04. The van der Waals surface area contributed by atoms with Gasteiger partial charge in [-0.05, 0) is 13.8 Å². The lowest BCUT2D eigenvalue weighted by Crippen LogP contribution is -2.14. The number of carbonyl (C=O) groups is 4. The summed E-state index contributed by atoms with van der Waals surface area (Å²) in [5.74, 6) is -2.81. The first-order valence-electron chi connectivity index (χ1n) is 3.97. The van der Waals surface area contributed by atoms with Gasteiger partial charge in [0.1, 0.15) is 24.4 Å². The zero-order valence-corrected chi connectivity index (χ0v) is 8.27. The fraction of sp³-hybridized carbons (Fsp3) is 0.500. The Morgan fingerprint density at radius 2 is 1.13 bits per heavy atom. The first-order valence-corrected chi connectivity index (χ1v) is 3.97. The molecule has 0 bridgehead atoms. The summed E-state index contributed by atoms with van der Waals surface area (Å²) in [7, 11) is 0. The predicted molar refractivity (Wildman–Crippen MR) is 43.9 cm³/mol. The Morgan fingerprint density at radius 1 is 0.800 bits per heavy atom. The van der Waals surface area contributed by atoms with Crippen molar-refractivity contribution in [3.63, 3.8) is 0 Å². The van der Waals surface area contributed by atoms with Gasteiger partial charge in [0.25, 0.3) is 0 Å². The van der Waals surface area contributed by atoms with Crippen molar-refractivity contribution in [3.8, 4) is 0 Å². The summed E-state index contributed by atoms with van der Waals surface area (Å²) < 4.78 is 0. The molecule has 0 amide bonds. The molecule has 0 aliphatic heterocycles. The van der Waals surface area contributed by atoms with Crippen LogP contribution in [0.5, 0.6) is 0 Å². The molecule has 0 aromatic rings. The minimum Gasteiger partial charge on any atom is -0.299 e. The molecule has 15 heavy (non-hydrogen) atoms. The van der Waals surface area contributed by atoms with Crippen LogP contribution in [0.25, 0.3) is 0 Å². The lowest BCUT2D eigenvalue weighted by molar-refractivity contribution is -0.458. The van der Waals surface area contributed by atoms with Gasteiger partial charge in [-0.2, -0.15) is 0 Å². The second-order valence-electron chi connectivity index (χ2n) is 2.74. The molecular formula is C8H10O7. The minimum absolute atomic E-state index is 0.418. The van der Waals surface area contributed by atoms with E-state index in [0.717, 1.165) is 0 Å². The van der Waals surface area contributed by atoms with Crippen LogP contribution in [0, 0.1) is 0 Å². The summed E-state index contributed by atoms with van der Waals surface area (Å²) in [5.41, 5.74) is 0. The van der Waals surface area contributed by atoms with Crippen LogP contribution in [0.1, 0.15) is 26.7 Å².